The van der Waals surface area contributed by atoms with Crippen molar-refractivity contribution < 1.29 is 19.4 Å². The molecule has 0 heterocycles. The van der Waals surface area contributed by atoms with E-state index in [0.717, 1.165) is 11.1 Å². The molecule has 1 N–H and O–H groups in total. The standard InChI is InChI=1S/C18H18O4/c1-21-16-8-7-14(10-17(16)22-11-12-5-6-12)13-3-2-4-15(9-13)18(19)20/h2-4,7-10,12H,5-6,11H2,1H3,(H,19,20). The van der Waals surface area contributed by atoms with Crippen molar-refractivity contribution in [2.24, 2.45) is 5.92 Å². The van der Waals surface area contributed by atoms with E-state index in [1.165, 1.54) is 12.8 Å². The molecule has 0 saturated heterocycles. The molecule has 0 bridgehead atoms. The van der Waals surface area contributed by atoms with Crippen molar-refractivity contribution in [1.29, 1.82) is 0 Å². The van der Waals surface area contributed by atoms with E-state index >= 15 is 0 Å². The van der Waals surface area contributed by atoms with Crippen LogP contribution < -0.4 is 9.47 Å². The maximum absolute atomic E-state index is 11.1. The third-order valence-corrected chi connectivity index (χ3v) is 3.78. The number of ether oxygens (including phenoxy) is 2. The zero-order valence-electron chi connectivity index (χ0n) is 12.4. The van der Waals surface area contributed by atoms with Gasteiger partial charge in [-0.05, 0) is 54.2 Å². The summed E-state index contributed by atoms with van der Waals surface area (Å²) in [6.45, 7) is 0.703. The van der Waals surface area contributed by atoms with Crippen LogP contribution in [0.4, 0.5) is 0 Å². The van der Waals surface area contributed by atoms with Gasteiger partial charge in [-0.25, -0.2) is 4.79 Å². The topological polar surface area (TPSA) is 55.8 Å². The van der Waals surface area contributed by atoms with E-state index < -0.39 is 5.97 Å². The van der Waals surface area contributed by atoms with Crippen LogP contribution in [0.5, 0.6) is 11.5 Å². The number of carbonyl (C=O) groups is 1. The molecule has 1 fully saturated rings. The van der Waals surface area contributed by atoms with Crippen molar-refractivity contribution in [2.75, 3.05) is 13.7 Å². The van der Waals surface area contributed by atoms with Gasteiger partial charge < -0.3 is 14.6 Å². The van der Waals surface area contributed by atoms with Gasteiger partial charge in [0.2, 0.25) is 0 Å². The van der Waals surface area contributed by atoms with Crippen molar-refractivity contribution in [3.05, 3.63) is 48.0 Å². The van der Waals surface area contributed by atoms with Crippen molar-refractivity contribution in [2.45, 2.75) is 12.8 Å². The summed E-state index contributed by atoms with van der Waals surface area (Å²) in [4.78, 5) is 11.1. The zero-order valence-corrected chi connectivity index (χ0v) is 12.4. The lowest BCUT2D eigenvalue weighted by atomic mass is 10.0. The van der Waals surface area contributed by atoms with Gasteiger partial charge in [0.15, 0.2) is 11.5 Å². The number of hydrogen-bond donors (Lipinski definition) is 1. The third kappa shape index (κ3) is 3.22. The molecule has 0 aliphatic heterocycles. The van der Waals surface area contributed by atoms with Crippen LogP contribution in [0, 0.1) is 5.92 Å². The predicted molar refractivity (Wildman–Crippen MR) is 83.6 cm³/mol. The number of carboxylic acids is 1. The largest absolute Gasteiger partial charge is 0.493 e. The SMILES string of the molecule is COc1ccc(-c2cccc(C(=O)O)c2)cc1OCC1CC1. The molecule has 114 valence electrons. The molecule has 0 spiro atoms. The molecule has 1 aliphatic carbocycles. The van der Waals surface area contributed by atoms with Crippen molar-refractivity contribution >= 4 is 5.97 Å². The van der Waals surface area contributed by atoms with Gasteiger partial charge in [-0.15, -0.1) is 0 Å². The Balaban J connectivity index is 1.90. The van der Waals surface area contributed by atoms with Gasteiger partial charge in [-0.2, -0.15) is 0 Å². The van der Waals surface area contributed by atoms with Crippen molar-refractivity contribution in [1.82, 2.24) is 0 Å². The molecule has 4 nitrogen and oxygen atoms in total. The fraction of sp³-hybridized carbons (Fsp3) is 0.278. The summed E-state index contributed by atoms with van der Waals surface area (Å²) >= 11 is 0. The Kier molecular flexibility index (Phi) is 4.00. The number of rotatable bonds is 6. The van der Waals surface area contributed by atoms with E-state index in [4.69, 9.17) is 14.6 Å². The second-order valence-electron chi connectivity index (χ2n) is 5.51. The van der Waals surface area contributed by atoms with Gasteiger partial charge >= 0.3 is 5.97 Å². The summed E-state index contributed by atoms with van der Waals surface area (Å²) in [5.41, 5.74) is 2.03. The van der Waals surface area contributed by atoms with Crippen LogP contribution in [0.2, 0.25) is 0 Å². The molecule has 1 aliphatic rings. The molecule has 3 rings (SSSR count). The summed E-state index contributed by atoms with van der Waals surface area (Å²) in [6, 6.07) is 12.5. The maximum Gasteiger partial charge on any atom is 0.335 e. The first-order valence-corrected chi connectivity index (χ1v) is 7.32. The van der Waals surface area contributed by atoms with Gasteiger partial charge in [-0.1, -0.05) is 18.2 Å². The smallest absolute Gasteiger partial charge is 0.335 e. The summed E-state index contributed by atoms with van der Waals surface area (Å²) in [6.07, 6.45) is 2.45. The van der Waals surface area contributed by atoms with Gasteiger partial charge in [0, 0.05) is 0 Å². The fourth-order valence-corrected chi connectivity index (χ4v) is 2.29. The van der Waals surface area contributed by atoms with Crippen LogP contribution in [0.15, 0.2) is 42.5 Å². The van der Waals surface area contributed by atoms with Gasteiger partial charge in [0.1, 0.15) is 0 Å². The minimum atomic E-state index is -0.930. The molecule has 1 saturated carbocycles. The lowest BCUT2D eigenvalue weighted by Gasteiger charge is -2.12. The highest BCUT2D eigenvalue weighted by Gasteiger charge is 2.22. The van der Waals surface area contributed by atoms with E-state index in [9.17, 15) is 4.79 Å². The number of carboxylic acid groups (broad SMARTS) is 1. The summed E-state index contributed by atoms with van der Waals surface area (Å²) in [5.74, 6) is 1.12. The number of aromatic carboxylic acids is 1. The molecule has 2 aromatic rings. The highest BCUT2D eigenvalue weighted by molar-refractivity contribution is 5.89. The lowest BCUT2D eigenvalue weighted by Crippen LogP contribution is -2.01. The molecule has 0 unspecified atom stereocenters. The van der Waals surface area contributed by atoms with Crippen molar-refractivity contribution in [3.63, 3.8) is 0 Å². The molecule has 0 atom stereocenters. The van der Waals surface area contributed by atoms with Gasteiger partial charge in [-0.3, -0.25) is 0 Å². The number of benzene rings is 2. The van der Waals surface area contributed by atoms with E-state index in [1.807, 2.05) is 24.3 Å². The Morgan fingerprint density at radius 1 is 1.14 bits per heavy atom. The zero-order chi connectivity index (χ0) is 15.5. The molecular weight excluding hydrogens is 280 g/mol. The monoisotopic (exact) mass is 298 g/mol. The number of hydrogen-bond acceptors (Lipinski definition) is 3. The Morgan fingerprint density at radius 3 is 2.59 bits per heavy atom. The summed E-state index contributed by atoms with van der Waals surface area (Å²) < 4.78 is 11.2. The lowest BCUT2D eigenvalue weighted by molar-refractivity contribution is 0.0697. The first-order valence-electron chi connectivity index (χ1n) is 7.32. The highest BCUT2D eigenvalue weighted by atomic mass is 16.5. The second-order valence-corrected chi connectivity index (χ2v) is 5.51. The van der Waals surface area contributed by atoms with Crippen LogP contribution in [-0.4, -0.2) is 24.8 Å². The van der Waals surface area contributed by atoms with Crippen LogP contribution in [0.3, 0.4) is 0 Å². The summed E-state index contributed by atoms with van der Waals surface area (Å²) in [5, 5.41) is 9.10. The highest BCUT2D eigenvalue weighted by Crippen LogP contribution is 2.35. The first kappa shape index (κ1) is 14.4. The molecule has 22 heavy (non-hydrogen) atoms. The average molecular weight is 298 g/mol. The van der Waals surface area contributed by atoms with E-state index in [2.05, 4.69) is 0 Å². The molecular formula is C18H18O4. The van der Waals surface area contributed by atoms with Crippen LogP contribution in [0.1, 0.15) is 23.2 Å². The van der Waals surface area contributed by atoms with E-state index in [0.29, 0.717) is 24.0 Å². The second kappa shape index (κ2) is 6.10. The average Bonchev–Trinajstić information content (AvgIpc) is 3.37. The normalized spacial score (nSPS) is 13.7. The molecule has 0 aromatic heterocycles. The third-order valence-electron chi connectivity index (χ3n) is 3.78. The molecule has 2 aromatic carbocycles. The Morgan fingerprint density at radius 2 is 1.91 bits per heavy atom. The quantitative estimate of drug-likeness (QED) is 0.880. The minimum absolute atomic E-state index is 0.272. The fourth-order valence-electron chi connectivity index (χ4n) is 2.29. The van der Waals surface area contributed by atoms with E-state index in [1.54, 1.807) is 25.3 Å². The van der Waals surface area contributed by atoms with Crippen LogP contribution in [-0.2, 0) is 0 Å². The molecule has 4 heteroatoms. The van der Waals surface area contributed by atoms with Crippen molar-refractivity contribution in [3.8, 4) is 22.6 Å². The Bertz CT molecular complexity index is 689. The van der Waals surface area contributed by atoms with Crippen LogP contribution >= 0.6 is 0 Å². The summed E-state index contributed by atoms with van der Waals surface area (Å²) in [7, 11) is 1.62. The molecule has 0 amide bonds. The molecule has 0 radical (unpaired) electrons. The minimum Gasteiger partial charge on any atom is -0.493 e. The number of methoxy groups -OCH3 is 1. The van der Waals surface area contributed by atoms with Gasteiger partial charge in [0.25, 0.3) is 0 Å². The van der Waals surface area contributed by atoms with Gasteiger partial charge in [0.05, 0.1) is 19.3 Å². The van der Waals surface area contributed by atoms with Crippen LogP contribution in [0.25, 0.3) is 11.1 Å². The predicted octanol–water partition coefficient (Wildman–Crippen LogP) is 3.85. The first-order chi connectivity index (χ1) is 10.7. The van der Waals surface area contributed by atoms with E-state index in [-0.39, 0.29) is 5.56 Å². The maximum atomic E-state index is 11.1. The Labute approximate surface area is 129 Å². The Hall–Kier alpha value is -2.49.